The molecular weight excluding hydrogens is 462 g/mol. The van der Waals surface area contributed by atoms with Gasteiger partial charge in [-0.2, -0.15) is 0 Å². The van der Waals surface area contributed by atoms with Crippen LogP contribution in [-0.2, 0) is 16.2 Å². The Labute approximate surface area is 187 Å². The van der Waals surface area contributed by atoms with Crippen LogP contribution >= 0.6 is 15.9 Å². The highest BCUT2D eigenvalue weighted by molar-refractivity contribution is 9.10. The third kappa shape index (κ3) is 4.44. The van der Waals surface area contributed by atoms with E-state index in [-0.39, 0.29) is 5.57 Å². The van der Waals surface area contributed by atoms with Gasteiger partial charge in [-0.15, -0.1) is 0 Å². The highest BCUT2D eigenvalue weighted by atomic mass is 79.9. The van der Waals surface area contributed by atoms with E-state index in [0.29, 0.717) is 33.8 Å². The van der Waals surface area contributed by atoms with E-state index in [1.807, 2.05) is 18.2 Å². The molecule has 0 atom stereocenters. The molecule has 8 heteroatoms. The molecule has 31 heavy (non-hydrogen) atoms. The zero-order chi connectivity index (χ0) is 21.8. The summed E-state index contributed by atoms with van der Waals surface area (Å²) in [4.78, 5) is 29.2. The molecule has 1 aliphatic heterocycles. The first-order valence-electron chi connectivity index (χ1n) is 9.38. The number of nitrogens with zero attached hydrogens (tertiary/aromatic N) is 2. The smallest absolute Gasteiger partial charge is 0.282 e. The fraction of sp³-hybridized carbons (Fsp3) is 0.0870. The van der Waals surface area contributed by atoms with Crippen molar-refractivity contribution in [2.75, 3.05) is 12.1 Å². The summed E-state index contributed by atoms with van der Waals surface area (Å²) in [7, 11) is 1.53. The summed E-state index contributed by atoms with van der Waals surface area (Å²) in [6, 6.07) is 16.1. The maximum atomic E-state index is 12.8. The number of benzene rings is 2. The van der Waals surface area contributed by atoms with E-state index in [4.69, 9.17) is 9.47 Å². The van der Waals surface area contributed by atoms with Gasteiger partial charge in [0.25, 0.3) is 11.8 Å². The Kier molecular flexibility index (Phi) is 5.99. The molecule has 0 spiro atoms. The minimum absolute atomic E-state index is 0.0308. The summed E-state index contributed by atoms with van der Waals surface area (Å²) >= 11 is 3.50. The topological polar surface area (TPSA) is 80.8 Å². The number of ether oxygens (including phenoxy) is 2. The summed E-state index contributed by atoms with van der Waals surface area (Å²) in [6.07, 6.45) is 4.92. The van der Waals surface area contributed by atoms with E-state index in [0.717, 1.165) is 5.56 Å². The maximum absolute atomic E-state index is 12.8. The molecule has 0 bridgehead atoms. The summed E-state index contributed by atoms with van der Waals surface area (Å²) in [5.41, 5.74) is 4.79. The largest absolute Gasteiger partial charge is 0.493 e. The van der Waals surface area contributed by atoms with Crippen molar-refractivity contribution in [3.8, 4) is 11.5 Å². The number of hydrogen-bond acceptors (Lipinski definition) is 5. The summed E-state index contributed by atoms with van der Waals surface area (Å²) < 4.78 is 12.0. The molecule has 3 aromatic rings. The SMILES string of the molecule is COc1cc(/C=C2\C(=O)NN(c3ccccc3)C2=O)cc(Br)c1OCc1ccncc1. The maximum Gasteiger partial charge on any atom is 0.282 e. The first-order chi connectivity index (χ1) is 15.1. The van der Waals surface area contributed by atoms with Crippen LogP contribution in [0.5, 0.6) is 11.5 Å². The molecule has 0 saturated carbocycles. The van der Waals surface area contributed by atoms with Crippen molar-refractivity contribution in [3.05, 3.63) is 88.2 Å². The molecule has 0 radical (unpaired) electrons. The fourth-order valence-electron chi connectivity index (χ4n) is 3.08. The first-order valence-corrected chi connectivity index (χ1v) is 10.2. The van der Waals surface area contributed by atoms with Crippen molar-refractivity contribution in [1.29, 1.82) is 0 Å². The van der Waals surface area contributed by atoms with E-state index >= 15 is 0 Å². The summed E-state index contributed by atoms with van der Waals surface area (Å²) in [5, 5.41) is 1.23. The van der Waals surface area contributed by atoms with Crippen LogP contribution in [0.1, 0.15) is 11.1 Å². The number of pyridine rings is 1. The number of hydrogen-bond donors (Lipinski definition) is 1. The normalized spacial score (nSPS) is 14.6. The van der Waals surface area contributed by atoms with Crippen LogP contribution in [0.2, 0.25) is 0 Å². The Bertz CT molecular complexity index is 1150. The minimum Gasteiger partial charge on any atom is -0.493 e. The summed E-state index contributed by atoms with van der Waals surface area (Å²) in [6.45, 7) is 0.338. The van der Waals surface area contributed by atoms with Crippen molar-refractivity contribution in [1.82, 2.24) is 10.4 Å². The molecule has 1 aromatic heterocycles. The van der Waals surface area contributed by atoms with E-state index in [1.54, 1.807) is 48.8 Å². The lowest BCUT2D eigenvalue weighted by Crippen LogP contribution is -2.35. The Balaban J connectivity index is 1.60. The van der Waals surface area contributed by atoms with Gasteiger partial charge in [0.1, 0.15) is 12.2 Å². The third-order valence-electron chi connectivity index (χ3n) is 4.60. The number of para-hydroxylation sites is 1. The Hall–Kier alpha value is -3.65. The molecule has 0 unspecified atom stereocenters. The molecule has 2 amide bonds. The Morgan fingerprint density at radius 2 is 1.84 bits per heavy atom. The molecule has 2 aromatic carbocycles. The van der Waals surface area contributed by atoms with Gasteiger partial charge in [-0.3, -0.25) is 20.0 Å². The number of rotatable bonds is 6. The van der Waals surface area contributed by atoms with Gasteiger partial charge in [-0.05, 0) is 69.5 Å². The Morgan fingerprint density at radius 1 is 1.10 bits per heavy atom. The average molecular weight is 480 g/mol. The fourth-order valence-corrected chi connectivity index (χ4v) is 3.65. The van der Waals surface area contributed by atoms with Gasteiger partial charge >= 0.3 is 0 Å². The van der Waals surface area contributed by atoms with E-state index in [1.165, 1.54) is 18.2 Å². The van der Waals surface area contributed by atoms with Gasteiger partial charge in [0.05, 0.1) is 17.3 Å². The van der Waals surface area contributed by atoms with Gasteiger partial charge in [-0.25, -0.2) is 5.01 Å². The molecular formula is C23H18BrN3O4. The monoisotopic (exact) mass is 479 g/mol. The zero-order valence-corrected chi connectivity index (χ0v) is 18.1. The molecule has 156 valence electrons. The molecule has 4 rings (SSSR count). The molecule has 1 aliphatic rings. The highest BCUT2D eigenvalue weighted by Crippen LogP contribution is 2.38. The minimum atomic E-state index is -0.470. The number of halogens is 1. The standard InChI is InChI=1S/C23H18BrN3O4/c1-30-20-13-16(12-19(24)21(20)31-14-15-7-9-25-10-8-15)11-18-22(28)26-27(23(18)29)17-5-3-2-4-6-17/h2-13H,14H2,1H3,(H,26,28)/b18-11+. The molecule has 0 aliphatic carbocycles. The van der Waals surface area contributed by atoms with Crippen LogP contribution in [0.15, 0.2) is 77.0 Å². The predicted octanol–water partition coefficient (Wildman–Crippen LogP) is 3.89. The van der Waals surface area contributed by atoms with E-state index < -0.39 is 11.8 Å². The number of nitrogens with one attached hydrogen (secondary N) is 1. The average Bonchev–Trinajstić information content (AvgIpc) is 3.07. The van der Waals surface area contributed by atoms with E-state index in [2.05, 4.69) is 26.3 Å². The van der Waals surface area contributed by atoms with E-state index in [9.17, 15) is 9.59 Å². The van der Waals surface area contributed by atoms with Crippen LogP contribution in [0.3, 0.4) is 0 Å². The zero-order valence-electron chi connectivity index (χ0n) is 16.5. The van der Waals surface area contributed by atoms with Crippen LogP contribution < -0.4 is 19.9 Å². The number of aromatic nitrogens is 1. The lowest BCUT2D eigenvalue weighted by Gasteiger charge is -2.14. The van der Waals surface area contributed by atoms with Gasteiger partial charge in [0, 0.05) is 12.4 Å². The predicted molar refractivity (Wildman–Crippen MR) is 119 cm³/mol. The first kappa shape index (κ1) is 20.6. The van der Waals surface area contributed by atoms with Gasteiger partial charge in [0.2, 0.25) is 0 Å². The van der Waals surface area contributed by atoms with Crippen LogP contribution in [0.4, 0.5) is 5.69 Å². The third-order valence-corrected chi connectivity index (χ3v) is 5.19. The lowest BCUT2D eigenvalue weighted by molar-refractivity contribution is -0.117. The number of carbonyl (C=O) groups is 2. The van der Waals surface area contributed by atoms with Crippen molar-refractivity contribution < 1.29 is 19.1 Å². The number of anilines is 1. The van der Waals surface area contributed by atoms with Crippen molar-refractivity contribution in [2.45, 2.75) is 6.61 Å². The van der Waals surface area contributed by atoms with Gasteiger partial charge in [-0.1, -0.05) is 18.2 Å². The van der Waals surface area contributed by atoms with Gasteiger partial charge < -0.3 is 9.47 Å². The number of methoxy groups -OCH3 is 1. The van der Waals surface area contributed by atoms with Crippen LogP contribution in [-0.4, -0.2) is 23.9 Å². The molecule has 1 fully saturated rings. The second-order valence-electron chi connectivity index (χ2n) is 6.65. The van der Waals surface area contributed by atoms with Gasteiger partial charge in [0.15, 0.2) is 11.5 Å². The second-order valence-corrected chi connectivity index (χ2v) is 7.51. The number of carbonyl (C=O) groups excluding carboxylic acids is 2. The van der Waals surface area contributed by atoms with Crippen LogP contribution in [0, 0.1) is 0 Å². The molecule has 2 heterocycles. The molecule has 1 N–H and O–H groups in total. The molecule has 1 saturated heterocycles. The van der Waals surface area contributed by atoms with Crippen LogP contribution in [0.25, 0.3) is 6.08 Å². The quantitative estimate of drug-likeness (QED) is 0.428. The molecule has 7 nitrogen and oxygen atoms in total. The van der Waals surface area contributed by atoms with Crippen molar-refractivity contribution in [3.63, 3.8) is 0 Å². The lowest BCUT2D eigenvalue weighted by atomic mass is 10.1. The summed E-state index contributed by atoms with van der Waals surface area (Å²) in [5.74, 6) is 0.0990. The number of hydrazine groups is 1. The highest BCUT2D eigenvalue weighted by Gasteiger charge is 2.34. The van der Waals surface area contributed by atoms with Crippen molar-refractivity contribution in [2.24, 2.45) is 0 Å². The van der Waals surface area contributed by atoms with Crippen molar-refractivity contribution >= 4 is 39.5 Å². The Morgan fingerprint density at radius 3 is 2.55 bits per heavy atom. The second kappa shape index (κ2) is 9.01. The number of amides is 2.